The van der Waals surface area contributed by atoms with E-state index < -0.39 is 18.4 Å². The molecule has 0 radical (unpaired) electrons. The molecule has 0 atom stereocenters. The molecular weight excluding hydrogens is 425 g/mol. The van der Waals surface area contributed by atoms with Crippen molar-refractivity contribution < 1.29 is 23.8 Å². The van der Waals surface area contributed by atoms with Crippen LogP contribution in [0.1, 0.15) is 16.2 Å². The van der Waals surface area contributed by atoms with E-state index in [4.69, 9.17) is 21.1 Å². The van der Waals surface area contributed by atoms with Gasteiger partial charge in [-0.25, -0.2) is 14.2 Å². The van der Waals surface area contributed by atoms with Gasteiger partial charge in [0.25, 0.3) is 0 Å². The summed E-state index contributed by atoms with van der Waals surface area (Å²) in [7, 11) is 2.98. The van der Waals surface area contributed by atoms with Gasteiger partial charge in [0.2, 0.25) is 5.82 Å². The lowest BCUT2D eigenvalue weighted by atomic mass is 10.1. The predicted octanol–water partition coefficient (Wildman–Crippen LogP) is 4.50. The van der Waals surface area contributed by atoms with E-state index in [0.717, 1.165) is 0 Å². The molecule has 31 heavy (non-hydrogen) atoms. The SMILES string of the molecule is COC(=O)c1nc(-c2ccc3nccc(Oc4c(CO)ccc(Cl)c4F)c3c2)cn1C. The fraction of sp³-hybridized carbons (Fsp3) is 0.136. The highest BCUT2D eigenvalue weighted by Gasteiger charge is 2.18. The van der Waals surface area contributed by atoms with Gasteiger partial charge in [0, 0.05) is 36.0 Å². The molecule has 4 rings (SSSR count). The Morgan fingerprint density at radius 3 is 2.81 bits per heavy atom. The van der Waals surface area contributed by atoms with Crippen LogP contribution in [0.2, 0.25) is 5.02 Å². The summed E-state index contributed by atoms with van der Waals surface area (Å²) >= 11 is 5.89. The van der Waals surface area contributed by atoms with Gasteiger partial charge in [0.1, 0.15) is 5.75 Å². The molecule has 158 valence electrons. The minimum absolute atomic E-state index is 0.116. The van der Waals surface area contributed by atoms with Gasteiger partial charge in [-0.1, -0.05) is 23.7 Å². The average molecular weight is 442 g/mol. The Kier molecular flexibility index (Phi) is 5.58. The maximum atomic E-state index is 14.6. The fourth-order valence-electron chi connectivity index (χ4n) is 3.17. The van der Waals surface area contributed by atoms with Crippen molar-refractivity contribution in [2.75, 3.05) is 7.11 Å². The van der Waals surface area contributed by atoms with Crippen LogP contribution in [-0.4, -0.2) is 32.7 Å². The van der Waals surface area contributed by atoms with Crippen molar-refractivity contribution in [3.05, 3.63) is 71.0 Å². The Balaban J connectivity index is 1.81. The van der Waals surface area contributed by atoms with Crippen molar-refractivity contribution in [2.24, 2.45) is 7.05 Å². The number of hydrogen-bond donors (Lipinski definition) is 1. The van der Waals surface area contributed by atoms with Crippen molar-refractivity contribution >= 4 is 28.5 Å². The summed E-state index contributed by atoms with van der Waals surface area (Å²) in [6.45, 7) is -0.415. The van der Waals surface area contributed by atoms with Crippen LogP contribution in [0.25, 0.3) is 22.2 Å². The summed E-state index contributed by atoms with van der Waals surface area (Å²) in [5.41, 5.74) is 2.11. The van der Waals surface area contributed by atoms with Crippen molar-refractivity contribution in [3.63, 3.8) is 0 Å². The van der Waals surface area contributed by atoms with Gasteiger partial charge in [0.05, 0.1) is 29.9 Å². The highest BCUT2D eigenvalue weighted by molar-refractivity contribution is 6.30. The van der Waals surface area contributed by atoms with Gasteiger partial charge in [-0.05, 0) is 24.3 Å². The van der Waals surface area contributed by atoms with Gasteiger partial charge < -0.3 is 19.1 Å². The second kappa shape index (κ2) is 8.33. The first-order valence-electron chi connectivity index (χ1n) is 9.19. The van der Waals surface area contributed by atoms with Crippen molar-refractivity contribution in [2.45, 2.75) is 6.61 Å². The van der Waals surface area contributed by atoms with Crippen LogP contribution in [-0.2, 0) is 18.4 Å². The van der Waals surface area contributed by atoms with Gasteiger partial charge in [0.15, 0.2) is 11.6 Å². The molecule has 0 aliphatic carbocycles. The van der Waals surface area contributed by atoms with Crippen LogP contribution >= 0.6 is 11.6 Å². The number of carbonyl (C=O) groups is 1. The smallest absolute Gasteiger partial charge is 0.374 e. The largest absolute Gasteiger partial charge is 0.463 e. The fourth-order valence-corrected chi connectivity index (χ4v) is 3.32. The van der Waals surface area contributed by atoms with Crippen LogP contribution in [0.4, 0.5) is 4.39 Å². The number of benzene rings is 2. The third-order valence-electron chi connectivity index (χ3n) is 4.76. The molecule has 0 saturated carbocycles. The van der Waals surface area contributed by atoms with E-state index in [9.17, 15) is 14.3 Å². The summed E-state index contributed by atoms with van der Waals surface area (Å²) in [6.07, 6.45) is 3.24. The average Bonchev–Trinajstić information content (AvgIpc) is 3.18. The molecule has 0 fully saturated rings. The Morgan fingerprint density at radius 1 is 1.26 bits per heavy atom. The van der Waals surface area contributed by atoms with Gasteiger partial charge in [-0.3, -0.25) is 4.98 Å². The first kappa shape index (κ1) is 20.8. The van der Waals surface area contributed by atoms with E-state index in [2.05, 4.69) is 9.97 Å². The molecular formula is C22H17ClFN3O4. The monoisotopic (exact) mass is 441 g/mol. The van der Waals surface area contributed by atoms with Crippen LogP contribution in [0.5, 0.6) is 11.5 Å². The summed E-state index contributed by atoms with van der Waals surface area (Å²) < 4.78 is 26.8. The highest BCUT2D eigenvalue weighted by atomic mass is 35.5. The number of aryl methyl sites for hydroxylation is 1. The van der Waals surface area contributed by atoms with Crippen molar-refractivity contribution in [1.29, 1.82) is 0 Å². The molecule has 1 N–H and O–H groups in total. The minimum atomic E-state index is -0.762. The van der Waals surface area contributed by atoms with Gasteiger partial charge in [-0.15, -0.1) is 0 Å². The van der Waals surface area contributed by atoms with Crippen molar-refractivity contribution in [1.82, 2.24) is 14.5 Å². The maximum Gasteiger partial charge on any atom is 0.374 e. The Hall–Kier alpha value is -3.49. The Bertz CT molecular complexity index is 1310. The van der Waals surface area contributed by atoms with E-state index in [-0.39, 0.29) is 22.2 Å². The first-order chi connectivity index (χ1) is 14.9. The molecule has 9 heteroatoms. The number of ether oxygens (including phenoxy) is 2. The van der Waals surface area contributed by atoms with E-state index in [1.54, 1.807) is 36.0 Å². The molecule has 0 saturated heterocycles. The van der Waals surface area contributed by atoms with E-state index in [1.165, 1.54) is 25.4 Å². The van der Waals surface area contributed by atoms with E-state index >= 15 is 0 Å². The third-order valence-corrected chi connectivity index (χ3v) is 5.05. The van der Waals surface area contributed by atoms with E-state index in [1.807, 2.05) is 6.07 Å². The summed E-state index contributed by atoms with van der Waals surface area (Å²) in [6, 6.07) is 9.80. The number of hydrogen-bond acceptors (Lipinski definition) is 6. The molecule has 0 bridgehead atoms. The highest BCUT2D eigenvalue weighted by Crippen LogP contribution is 2.36. The quantitative estimate of drug-likeness (QED) is 0.459. The summed E-state index contributed by atoms with van der Waals surface area (Å²) in [5, 5.41) is 10.0. The van der Waals surface area contributed by atoms with Crippen LogP contribution in [0, 0.1) is 5.82 Å². The van der Waals surface area contributed by atoms with E-state index in [0.29, 0.717) is 27.9 Å². The zero-order valence-electron chi connectivity index (χ0n) is 16.6. The maximum absolute atomic E-state index is 14.6. The topological polar surface area (TPSA) is 86.5 Å². The lowest BCUT2D eigenvalue weighted by molar-refractivity contribution is 0.0583. The number of pyridine rings is 1. The van der Waals surface area contributed by atoms with Crippen LogP contribution < -0.4 is 4.74 Å². The molecule has 2 aromatic heterocycles. The number of fused-ring (bicyclic) bond motifs is 1. The Labute approximate surface area is 181 Å². The molecule has 4 aromatic rings. The third kappa shape index (κ3) is 3.83. The molecule has 2 heterocycles. The Morgan fingerprint density at radius 2 is 2.06 bits per heavy atom. The van der Waals surface area contributed by atoms with Crippen LogP contribution in [0.15, 0.2) is 48.8 Å². The summed E-state index contributed by atoms with van der Waals surface area (Å²) in [4.78, 5) is 20.5. The van der Waals surface area contributed by atoms with Gasteiger partial charge >= 0.3 is 5.97 Å². The van der Waals surface area contributed by atoms with Gasteiger partial charge in [-0.2, -0.15) is 0 Å². The molecule has 0 amide bonds. The number of methoxy groups -OCH3 is 1. The summed E-state index contributed by atoms with van der Waals surface area (Å²) in [5.74, 6) is -0.977. The zero-order chi connectivity index (χ0) is 22.1. The lowest BCUT2D eigenvalue weighted by Crippen LogP contribution is -2.08. The number of esters is 1. The standard InChI is InChI=1S/C22H17ClFN3O4/c1-27-10-17(26-21(27)22(29)30-2)12-4-6-16-14(9-12)18(7-8-25-16)31-20-13(11-28)3-5-15(23)19(20)24/h3-10,28H,11H2,1-2H3. The predicted molar refractivity (Wildman–Crippen MR) is 113 cm³/mol. The number of aliphatic hydroxyl groups excluding tert-OH is 1. The molecule has 7 nitrogen and oxygen atoms in total. The minimum Gasteiger partial charge on any atom is -0.463 e. The number of imidazole rings is 1. The molecule has 0 aliphatic heterocycles. The molecule has 0 aliphatic rings. The number of aliphatic hydroxyl groups is 1. The normalized spacial score (nSPS) is 11.0. The number of halogens is 2. The number of nitrogens with zero attached hydrogens (tertiary/aromatic N) is 3. The zero-order valence-corrected chi connectivity index (χ0v) is 17.4. The number of aromatic nitrogens is 3. The number of carbonyl (C=O) groups excluding carboxylic acids is 1. The first-order valence-corrected chi connectivity index (χ1v) is 9.57. The second-order valence-electron chi connectivity index (χ2n) is 6.70. The molecule has 0 spiro atoms. The number of rotatable bonds is 5. The van der Waals surface area contributed by atoms with Crippen LogP contribution in [0.3, 0.4) is 0 Å². The molecule has 0 unspecified atom stereocenters. The van der Waals surface area contributed by atoms with Crippen molar-refractivity contribution in [3.8, 4) is 22.8 Å². The lowest BCUT2D eigenvalue weighted by Gasteiger charge is -2.13. The molecule has 2 aromatic carbocycles. The second-order valence-corrected chi connectivity index (χ2v) is 7.11.